The van der Waals surface area contributed by atoms with E-state index in [9.17, 15) is 32.1 Å². The number of nitro groups is 1. The zero-order chi connectivity index (χ0) is 22.5. The average Bonchev–Trinajstić information content (AvgIpc) is 2.66. The number of benzene rings is 2. The van der Waals surface area contributed by atoms with Crippen LogP contribution in [0.1, 0.15) is 15.9 Å². The number of alkyl halides is 2. The molecule has 0 saturated carbocycles. The summed E-state index contributed by atoms with van der Waals surface area (Å²) in [5.41, 5.74) is -0.458. The van der Waals surface area contributed by atoms with E-state index in [2.05, 4.69) is 10.1 Å². The molecule has 10 nitrogen and oxygen atoms in total. The summed E-state index contributed by atoms with van der Waals surface area (Å²) in [7, 11) is -2.69. The van der Waals surface area contributed by atoms with Gasteiger partial charge in [-0.2, -0.15) is 8.78 Å². The van der Waals surface area contributed by atoms with Gasteiger partial charge in [0.25, 0.3) is 11.6 Å². The molecule has 0 unspecified atom stereocenters. The van der Waals surface area contributed by atoms with Crippen molar-refractivity contribution in [2.75, 3.05) is 13.7 Å². The molecule has 0 fully saturated rings. The van der Waals surface area contributed by atoms with Crippen molar-refractivity contribution in [3.05, 3.63) is 57.6 Å². The predicted octanol–water partition coefficient (Wildman–Crippen LogP) is 1.82. The molecule has 0 bridgehead atoms. The summed E-state index contributed by atoms with van der Waals surface area (Å²) in [6.07, 6.45) is 0.286. The lowest BCUT2D eigenvalue weighted by Gasteiger charge is -2.12. The van der Waals surface area contributed by atoms with Gasteiger partial charge in [-0.25, -0.2) is 13.6 Å². The topological polar surface area (TPSA) is 151 Å². The number of nitrogens with two attached hydrogens (primary N) is 1. The second-order valence-corrected chi connectivity index (χ2v) is 7.41. The number of nitrogens with zero attached hydrogens (tertiary/aromatic N) is 1. The van der Waals surface area contributed by atoms with Crippen LogP contribution < -0.4 is 19.9 Å². The molecule has 1 amide bonds. The molecule has 0 saturated heterocycles. The lowest BCUT2D eigenvalue weighted by Crippen LogP contribution is -2.26. The van der Waals surface area contributed by atoms with Crippen molar-refractivity contribution in [3.8, 4) is 11.5 Å². The summed E-state index contributed by atoms with van der Waals surface area (Å²) in [4.78, 5) is 22.7. The Morgan fingerprint density at radius 2 is 1.87 bits per heavy atom. The Morgan fingerprint density at radius 3 is 2.37 bits per heavy atom. The van der Waals surface area contributed by atoms with Gasteiger partial charge in [-0.3, -0.25) is 14.9 Å². The molecule has 0 aliphatic rings. The number of rotatable bonds is 9. The maximum Gasteiger partial charge on any atom is 0.387 e. The molecular formula is C17H17F2N3O7S. The van der Waals surface area contributed by atoms with Gasteiger partial charge in [-0.15, -0.1) is 0 Å². The van der Waals surface area contributed by atoms with E-state index >= 15 is 0 Å². The van der Waals surface area contributed by atoms with E-state index in [4.69, 9.17) is 9.88 Å². The van der Waals surface area contributed by atoms with Crippen LogP contribution >= 0.6 is 0 Å². The summed E-state index contributed by atoms with van der Waals surface area (Å²) < 4.78 is 56.5. The first-order valence-electron chi connectivity index (χ1n) is 8.24. The van der Waals surface area contributed by atoms with Gasteiger partial charge < -0.3 is 14.8 Å². The van der Waals surface area contributed by atoms with Crippen molar-refractivity contribution >= 4 is 21.6 Å². The van der Waals surface area contributed by atoms with E-state index in [0.717, 1.165) is 13.2 Å². The van der Waals surface area contributed by atoms with Crippen LogP contribution in [0.2, 0.25) is 0 Å². The van der Waals surface area contributed by atoms with Gasteiger partial charge >= 0.3 is 6.61 Å². The molecule has 2 rings (SSSR count). The third-order valence-corrected chi connectivity index (χ3v) is 4.82. The van der Waals surface area contributed by atoms with Crippen LogP contribution in [0.15, 0.2) is 41.3 Å². The number of sulfonamides is 1. The van der Waals surface area contributed by atoms with Crippen LogP contribution in [0.5, 0.6) is 11.5 Å². The van der Waals surface area contributed by atoms with Crippen LogP contribution in [0, 0.1) is 10.1 Å². The zero-order valence-electron chi connectivity index (χ0n) is 15.5. The summed E-state index contributed by atoms with van der Waals surface area (Å²) in [5, 5.41) is 18.7. The Kier molecular flexibility index (Phi) is 7.24. The summed E-state index contributed by atoms with van der Waals surface area (Å²) in [6.45, 7) is -3.18. The number of nitrogens with one attached hydrogen (secondary N) is 1. The molecule has 0 radical (unpaired) electrons. The number of methoxy groups -OCH3 is 1. The number of nitro benzene ring substituents is 1. The van der Waals surface area contributed by atoms with Gasteiger partial charge in [0.2, 0.25) is 10.0 Å². The molecule has 2 aromatic carbocycles. The molecule has 0 atom stereocenters. The largest absolute Gasteiger partial charge is 0.493 e. The van der Waals surface area contributed by atoms with Crippen molar-refractivity contribution < 1.29 is 36.4 Å². The van der Waals surface area contributed by atoms with Crippen LogP contribution in [-0.2, 0) is 16.4 Å². The Labute approximate surface area is 169 Å². The number of amides is 1. The minimum Gasteiger partial charge on any atom is -0.493 e. The van der Waals surface area contributed by atoms with Gasteiger partial charge in [0.05, 0.1) is 23.0 Å². The minimum atomic E-state index is -3.82. The highest BCUT2D eigenvalue weighted by atomic mass is 32.2. The predicted molar refractivity (Wildman–Crippen MR) is 100 cm³/mol. The number of carbonyl (C=O) groups is 1. The van der Waals surface area contributed by atoms with Gasteiger partial charge in [-0.1, -0.05) is 12.1 Å². The number of carbonyl (C=O) groups excluding carboxylic acids is 1. The van der Waals surface area contributed by atoms with Crippen molar-refractivity contribution in [2.24, 2.45) is 5.14 Å². The Morgan fingerprint density at radius 1 is 1.23 bits per heavy atom. The fourth-order valence-electron chi connectivity index (χ4n) is 2.49. The Hall–Kier alpha value is -3.32. The standard InChI is InChI=1S/C17H17F2N3O7S/c1-28-14-8-12(13(22(24)25)9-15(14)29-17(18)19)16(23)21-7-6-10-2-4-11(5-3-10)30(20,26)27/h2-5,8-9,17H,6-7H2,1H3,(H,21,23)(H2,20,26,27). The fourth-order valence-corrected chi connectivity index (χ4v) is 3.01. The molecule has 13 heteroatoms. The van der Waals surface area contributed by atoms with Crippen LogP contribution in [-0.4, -0.2) is 39.5 Å². The number of ether oxygens (including phenoxy) is 2. The second kappa shape index (κ2) is 9.45. The first-order chi connectivity index (χ1) is 14.0. The summed E-state index contributed by atoms with van der Waals surface area (Å²) in [5.74, 6) is -1.68. The lowest BCUT2D eigenvalue weighted by molar-refractivity contribution is -0.385. The van der Waals surface area contributed by atoms with Crippen molar-refractivity contribution in [1.82, 2.24) is 5.32 Å². The number of halogens is 2. The molecule has 3 N–H and O–H groups in total. The Balaban J connectivity index is 2.15. The van der Waals surface area contributed by atoms with E-state index < -0.39 is 44.5 Å². The quantitative estimate of drug-likeness (QED) is 0.441. The summed E-state index contributed by atoms with van der Waals surface area (Å²) >= 11 is 0. The van der Waals surface area contributed by atoms with E-state index in [-0.39, 0.29) is 23.6 Å². The van der Waals surface area contributed by atoms with Gasteiger partial charge in [-0.05, 0) is 24.1 Å². The number of primary sulfonamides is 1. The fraction of sp³-hybridized carbons (Fsp3) is 0.235. The molecule has 0 spiro atoms. The highest BCUT2D eigenvalue weighted by Gasteiger charge is 2.25. The van der Waals surface area contributed by atoms with Gasteiger partial charge in [0.15, 0.2) is 11.5 Å². The molecule has 0 heterocycles. The molecule has 0 aliphatic heterocycles. The minimum absolute atomic E-state index is 0.0578. The smallest absolute Gasteiger partial charge is 0.387 e. The molecular weight excluding hydrogens is 428 g/mol. The third kappa shape index (κ3) is 5.84. The van der Waals surface area contributed by atoms with Crippen LogP contribution in [0.3, 0.4) is 0 Å². The van der Waals surface area contributed by atoms with Crippen LogP contribution in [0.4, 0.5) is 14.5 Å². The Bertz CT molecular complexity index is 1040. The van der Waals surface area contributed by atoms with Gasteiger partial charge in [0.1, 0.15) is 5.56 Å². The molecule has 0 aliphatic carbocycles. The number of hydrogen-bond donors (Lipinski definition) is 2. The van der Waals surface area contributed by atoms with Crippen molar-refractivity contribution in [1.29, 1.82) is 0 Å². The average molecular weight is 445 g/mol. The lowest BCUT2D eigenvalue weighted by atomic mass is 10.1. The first kappa shape index (κ1) is 23.0. The number of hydrogen-bond acceptors (Lipinski definition) is 7. The SMILES string of the molecule is COc1cc(C(=O)NCCc2ccc(S(N)(=O)=O)cc2)c([N+](=O)[O-])cc1OC(F)F. The van der Waals surface area contributed by atoms with Crippen LogP contribution in [0.25, 0.3) is 0 Å². The highest BCUT2D eigenvalue weighted by Crippen LogP contribution is 2.35. The van der Waals surface area contributed by atoms with Gasteiger partial charge in [0, 0.05) is 12.6 Å². The molecule has 162 valence electrons. The van der Waals surface area contributed by atoms with E-state index in [1.54, 1.807) is 0 Å². The monoisotopic (exact) mass is 445 g/mol. The maximum absolute atomic E-state index is 12.5. The maximum atomic E-state index is 12.5. The molecule has 0 aromatic heterocycles. The third-order valence-electron chi connectivity index (χ3n) is 3.89. The zero-order valence-corrected chi connectivity index (χ0v) is 16.3. The molecule has 30 heavy (non-hydrogen) atoms. The molecule has 2 aromatic rings. The summed E-state index contributed by atoms with van der Waals surface area (Å²) in [6, 6.07) is 7.26. The van der Waals surface area contributed by atoms with E-state index in [0.29, 0.717) is 11.6 Å². The normalized spacial score (nSPS) is 11.2. The van der Waals surface area contributed by atoms with Crippen molar-refractivity contribution in [3.63, 3.8) is 0 Å². The van der Waals surface area contributed by atoms with E-state index in [1.165, 1.54) is 24.3 Å². The first-order valence-corrected chi connectivity index (χ1v) is 9.78. The van der Waals surface area contributed by atoms with Crippen molar-refractivity contribution in [2.45, 2.75) is 17.9 Å². The van der Waals surface area contributed by atoms with E-state index in [1.807, 2.05) is 0 Å². The highest BCUT2D eigenvalue weighted by molar-refractivity contribution is 7.89. The second-order valence-electron chi connectivity index (χ2n) is 5.85.